The molecule has 0 aromatic heterocycles. The summed E-state index contributed by atoms with van der Waals surface area (Å²) in [4.78, 5) is 2.41. The first-order valence-corrected chi connectivity index (χ1v) is 7.21. The Morgan fingerprint density at radius 1 is 1.11 bits per heavy atom. The normalized spacial score (nSPS) is 20.9. The molecule has 1 heterocycles. The van der Waals surface area contributed by atoms with Gasteiger partial charge in [0.15, 0.2) is 0 Å². The van der Waals surface area contributed by atoms with Crippen LogP contribution < -0.4 is 0 Å². The first kappa shape index (κ1) is 15.3. The summed E-state index contributed by atoms with van der Waals surface area (Å²) < 4.78 is 0. The van der Waals surface area contributed by atoms with Gasteiger partial charge < -0.3 is 4.90 Å². The van der Waals surface area contributed by atoms with Crippen LogP contribution in [0.2, 0.25) is 0 Å². The predicted octanol–water partition coefficient (Wildman–Crippen LogP) is 3.77. The quantitative estimate of drug-likeness (QED) is 0.759. The molecule has 3 nitrogen and oxygen atoms in total. The van der Waals surface area contributed by atoms with Crippen molar-refractivity contribution in [1.29, 1.82) is 0 Å². The molecule has 0 spiro atoms. The Morgan fingerprint density at radius 2 is 1.72 bits per heavy atom. The average molecular weight is 253 g/mol. The summed E-state index contributed by atoms with van der Waals surface area (Å²) >= 11 is 0. The molecule has 0 radical (unpaired) electrons. The van der Waals surface area contributed by atoms with E-state index in [4.69, 9.17) is 0 Å². The van der Waals surface area contributed by atoms with Crippen molar-refractivity contribution in [3.8, 4) is 0 Å². The van der Waals surface area contributed by atoms with Crippen LogP contribution in [0.15, 0.2) is 5.10 Å². The minimum Gasteiger partial charge on any atom is -0.338 e. The zero-order chi connectivity index (χ0) is 14.0. The third-order valence-electron chi connectivity index (χ3n) is 3.12. The van der Waals surface area contributed by atoms with E-state index in [2.05, 4.69) is 63.5 Å². The second-order valence-electron chi connectivity index (χ2n) is 7.72. The molecule has 0 fully saturated rings. The Labute approximate surface area is 113 Å². The van der Waals surface area contributed by atoms with Crippen molar-refractivity contribution in [2.75, 3.05) is 13.1 Å². The Balaban J connectivity index is 2.77. The van der Waals surface area contributed by atoms with E-state index in [0.717, 1.165) is 13.1 Å². The molecule has 0 aromatic rings. The summed E-state index contributed by atoms with van der Waals surface area (Å²) in [6.07, 6.45) is 4.87. The van der Waals surface area contributed by atoms with Gasteiger partial charge in [0, 0.05) is 18.5 Å². The molecule has 0 aromatic carbocycles. The molecule has 106 valence electrons. The van der Waals surface area contributed by atoms with Crippen molar-refractivity contribution in [1.82, 2.24) is 9.91 Å². The maximum Gasteiger partial charge on any atom is 0.124 e. The van der Waals surface area contributed by atoms with Gasteiger partial charge in [-0.15, -0.1) is 0 Å². The van der Waals surface area contributed by atoms with E-state index < -0.39 is 0 Å². The molecule has 1 atom stereocenters. The van der Waals surface area contributed by atoms with Gasteiger partial charge in [0.05, 0.1) is 0 Å². The van der Waals surface area contributed by atoms with Crippen LogP contribution in [0.1, 0.15) is 61.3 Å². The van der Waals surface area contributed by atoms with Gasteiger partial charge in [-0.1, -0.05) is 54.9 Å². The Kier molecular flexibility index (Phi) is 4.68. The van der Waals surface area contributed by atoms with Gasteiger partial charge in [-0.05, 0) is 11.8 Å². The molecule has 0 amide bonds. The second kappa shape index (κ2) is 5.50. The van der Waals surface area contributed by atoms with Gasteiger partial charge in [-0.2, -0.15) is 5.10 Å². The number of hydrogen-bond donors (Lipinski definition) is 0. The van der Waals surface area contributed by atoms with Crippen molar-refractivity contribution >= 4 is 6.34 Å². The Hall–Kier alpha value is -0.730. The molecule has 1 unspecified atom stereocenters. The highest BCUT2D eigenvalue weighted by Gasteiger charge is 2.38. The number of hydrogen-bond acceptors (Lipinski definition) is 3. The van der Waals surface area contributed by atoms with E-state index in [1.54, 1.807) is 0 Å². The van der Waals surface area contributed by atoms with E-state index in [0.29, 0.717) is 11.6 Å². The van der Waals surface area contributed by atoms with Crippen LogP contribution in [0.25, 0.3) is 0 Å². The molecule has 0 aliphatic carbocycles. The molecular formula is C15H31N3. The van der Waals surface area contributed by atoms with Crippen molar-refractivity contribution in [3.05, 3.63) is 0 Å². The lowest BCUT2D eigenvalue weighted by Crippen LogP contribution is -2.50. The molecule has 3 heteroatoms. The minimum absolute atomic E-state index is 0.218. The fraction of sp³-hybridized carbons (Fsp3) is 0.933. The summed E-state index contributed by atoms with van der Waals surface area (Å²) in [6.45, 7) is 18.1. The van der Waals surface area contributed by atoms with Crippen molar-refractivity contribution in [2.45, 2.75) is 67.5 Å². The Morgan fingerprint density at radius 3 is 2.17 bits per heavy atom. The highest BCUT2D eigenvalue weighted by Crippen LogP contribution is 2.32. The molecule has 0 saturated carbocycles. The topological polar surface area (TPSA) is 18.8 Å². The van der Waals surface area contributed by atoms with E-state index in [-0.39, 0.29) is 5.41 Å². The third kappa shape index (κ3) is 4.18. The molecular weight excluding hydrogens is 222 g/mol. The van der Waals surface area contributed by atoms with Gasteiger partial charge in [-0.25, -0.2) is 0 Å². The van der Waals surface area contributed by atoms with Crippen LogP contribution in [0, 0.1) is 10.8 Å². The molecule has 0 saturated heterocycles. The highest BCUT2D eigenvalue weighted by atomic mass is 15.6. The van der Waals surface area contributed by atoms with Gasteiger partial charge in [0.2, 0.25) is 0 Å². The second-order valence-corrected chi connectivity index (χ2v) is 7.72. The third-order valence-corrected chi connectivity index (χ3v) is 3.12. The zero-order valence-corrected chi connectivity index (χ0v) is 13.3. The van der Waals surface area contributed by atoms with Gasteiger partial charge in [0.1, 0.15) is 12.5 Å². The van der Waals surface area contributed by atoms with Crippen LogP contribution in [0.5, 0.6) is 0 Å². The molecule has 18 heavy (non-hydrogen) atoms. The molecule has 1 aliphatic rings. The Bertz CT molecular complexity index is 283. The largest absolute Gasteiger partial charge is 0.338 e. The van der Waals surface area contributed by atoms with Crippen LogP contribution >= 0.6 is 0 Å². The van der Waals surface area contributed by atoms with Crippen LogP contribution in [0.3, 0.4) is 0 Å². The van der Waals surface area contributed by atoms with Gasteiger partial charge >= 0.3 is 0 Å². The number of hydrazone groups is 1. The fourth-order valence-electron chi connectivity index (χ4n) is 2.55. The summed E-state index contributed by atoms with van der Waals surface area (Å²) in [5.74, 6) is 0. The summed E-state index contributed by atoms with van der Waals surface area (Å²) in [5.41, 5.74) is 0.520. The van der Waals surface area contributed by atoms with Gasteiger partial charge in [-0.3, -0.25) is 5.01 Å². The summed E-state index contributed by atoms with van der Waals surface area (Å²) in [7, 11) is 0. The molecule has 0 N–H and O–H groups in total. The van der Waals surface area contributed by atoms with Crippen LogP contribution in [-0.2, 0) is 0 Å². The monoisotopic (exact) mass is 253 g/mol. The van der Waals surface area contributed by atoms with Gasteiger partial charge in [0.25, 0.3) is 0 Å². The lowest BCUT2D eigenvalue weighted by molar-refractivity contribution is 0.0228. The van der Waals surface area contributed by atoms with Crippen LogP contribution in [0.4, 0.5) is 0 Å². The highest BCUT2D eigenvalue weighted by molar-refractivity contribution is 5.57. The average Bonchev–Trinajstić information content (AvgIpc) is 2.54. The number of unbranched alkanes of at least 4 members (excludes halogenated alkanes) is 1. The number of nitrogens with zero attached hydrogens (tertiary/aromatic N) is 3. The van der Waals surface area contributed by atoms with E-state index in [1.807, 2.05) is 6.34 Å². The lowest BCUT2D eigenvalue weighted by atomic mass is 9.89. The van der Waals surface area contributed by atoms with E-state index >= 15 is 0 Å². The predicted molar refractivity (Wildman–Crippen MR) is 79.5 cm³/mol. The number of rotatable bonds is 4. The van der Waals surface area contributed by atoms with Crippen molar-refractivity contribution in [3.63, 3.8) is 0 Å². The van der Waals surface area contributed by atoms with Crippen LogP contribution in [-0.4, -0.2) is 35.5 Å². The summed E-state index contributed by atoms with van der Waals surface area (Å²) in [6, 6.07) is 0. The van der Waals surface area contributed by atoms with E-state index in [1.165, 1.54) is 12.8 Å². The first-order chi connectivity index (χ1) is 8.15. The maximum atomic E-state index is 4.62. The minimum atomic E-state index is 0.218. The smallest absolute Gasteiger partial charge is 0.124 e. The molecule has 0 bridgehead atoms. The summed E-state index contributed by atoms with van der Waals surface area (Å²) in [5, 5.41) is 6.89. The SMILES string of the molecule is CCCCN1N=CN(CC(C)(C)C)C1C(C)(C)C. The van der Waals surface area contributed by atoms with E-state index in [9.17, 15) is 0 Å². The zero-order valence-electron chi connectivity index (χ0n) is 13.3. The molecule has 1 aliphatic heterocycles. The lowest BCUT2D eigenvalue weighted by Gasteiger charge is -2.41. The van der Waals surface area contributed by atoms with Crippen molar-refractivity contribution < 1.29 is 0 Å². The van der Waals surface area contributed by atoms with Crippen molar-refractivity contribution in [2.24, 2.45) is 15.9 Å². The molecule has 1 rings (SSSR count). The maximum absolute atomic E-state index is 4.62. The first-order valence-electron chi connectivity index (χ1n) is 7.21. The standard InChI is InChI=1S/C15H31N3/c1-8-9-10-18-13(15(5,6)7)17(12-16-18)11-14(2,3)4/h12-13H,8-11H2,1-7H3. The fourth-order valence-corrected chi connectivity index (χ4v) is 2.55.